The van der Waals surface area contributed by atoms with Gasteiger partial charge in [-0.15, -0.1) is 0 Å². The number of nitrogens with zero attached hydrogens (tertiary/aromatic N) is 1. The highest BCUT2D eigenvalue weighted by Gasteiger charge is 2.28. The van der Waals surface area contributed by atoms with E-state index in [-0.39, 0.29) is 13.2 Å². The first kappa shape index (κ1) is 19.1. The van der Waals surface area contributed by atoms with Crippen molar-refractivity contribution >= 4 is 23.9 Å². The smallest absolute Gasteiger partial charge is 0.416 e. The molecule has 1 heterocycles. The molecule has 1 aliphatic heterocycles. The van der Waals surface area contributed by atoms with Gasteiger partial charge in [-0.1, -0.05) is 42.5 Å². The molecule has 3 amide bonds. The summed E-state index contributed by atoms with van der Waals surface area (Å²) < 4.78 is 9.40. The van der Waals surface area contributed by atoms with Gasteiger partial charge in [0.15, 0.2) is 6.61 Å². The number of esters is 1. The Morgan fingerprint density at radius 2 is 1.68 bits per heavy atom. The van der Waals surface area contributed by atoms with Crippen LogP contribution in [-0.2, 0) is 19.1 Å². The maximum atomic E-state index is 12.1. The first-order valence-corrected chi connectivity index (χ1v) is 8.61. The summed E-state index contributed by atoms with van der Waals surface area (Å²) in [6, 6.07) is 16.7. The molecule has 0 spiro atoms. The minimum Gasteiger partial charge on any atom is -0.454 e. The van der Waals surface area contributed by atoms with Gasteiger partial charge in [-0.25, -0.2) is 9.69 Å². The van der Waals surface area contributed by atoms with Crippen LogP contribution >= 0.6 is 0 Å². The van der Waals surface area contributed by atoms with Gasteiger partial charge in [0.25, 0.3) is 11.8 Å². The fourth-order valence-electron chi connectivity index (χ4n) is 2.59. The second-order valence-electron chi connectivity index (χ2n) is 5.95. The second-order valence-corrected chi connectivity index (χ2v) is 5.95. The molecule has 2 aromatic rings. The third kappa shape index (κ3) is 4.73. The van der Waals surface area contributed by atoms with E-state index in [0.29, 0.717) is 5.56 Å². The number of hydrogen-bond donors (Lipinski definition) is 1. The number of nitrogens with one attached hydrogen (secondary N) is 1. The highest BCUT2D eigenvalue weighted by atomic mass is 16.6. The van der Waals surface area contributed by atoms with E-state index < -0.39 is 37.0 Å². The molecule has 28 heavy (non-hydrogen) atoms. The third-order valence-electron chi connectivity index (χ3n) is 4.07. The van der Waals surface area contributed by atoms with Crippen LogP contribution in [0.25, 0.3) is 11.1 Å². The van der Waals surface area contributed by atoms with Gasteiger partial charge in [0.1, 0.15) is 13.2 Å². The summed E-state index contributed by atoms with van der Waals surface area (Å²) >= 11 is 0. The average Bonchev–Trinajstić information content (AvgIpc) is 3.17. The number of ether oxygens (including phenoxy) is 2. The lowest BCUT2D eigenvalue weighted by molar-refractivity contribution is -0.149. The van der Waals surface area contributed by atoms with Gasteiger partial charge >= 0.3 is 12.1 Å². The lowest BCUT2D eigenvalue weighted by atomic mass is 10.0. The number of imide groups is 1. The molecular weight excluding hydrogens is 364 g/mol. The molecule has 0 unspecified atom stereocenters. The molecular formula is C20H18N2O6. The Bertz CT molecular complexity index is 879. The quantitative estimate of drug-likeness (QED) is 0.762. The summed E-state index contributed by atoms with van der Waals surface area (Å²) in [7, 11) is 0. The number of carbonyl (C=O) groups is 4. The normalized spacial score (nSPS) is 13.0. The summed E-state index contributed by atoms with van der Waals surface area (Å²) in [5, 5.41) is 2.43. The average molecular weight is 382 g/mol. The number of benzene rings is 2. The fraction of sp³-hybridized carbons (Fsp3) is 0.200. The molecule has 8 nitrogen and oxygen atoms in total. The summed E-state index contributed by atoms with van der Waals surface area (Å²) in [6.45, 7) is -0.727. The zero-order chi connectivity index (χ0) is 19.9. The van der Waals surface area contributed by atoms with Crippen LogP contribution in [0, 0.1) is 0 Å². The van der Waals surface area contributed by atoms with Gasteiger partial charge in [-0.2, -0.15) is 0 Å². The lowest BCUT2D eigenvalue weighted by Crippen LogP contribution is -2.37. The van der Waals surface area contributed by atoms with Crippen molar-refractivity contribution in [3.8, 4) is 11.1 Å². The van der Waals surface area contributed by atoms with Gasteiger partial charge in [0.2, 0.25) is 0 Å². The number of carbonyl (C=O) groups excluding carboxylic acids is 4. The zero-order valence-corrected chi connectivity index (χ0v) is 14.9. The van der Waals surface area contributed by atoms with Crippen LogP contribution in [0.1, 0.15) is 10.4 Å². The monoisotopic (exact) mass is 382 g/mol. The number of hydrogen-bond acceptors (Lipinski definition) is 6. The van der Waals surface area contributed by atoms with Gasteiger partial charge in [-0.05, 0) is 23.3 Å². The third-order valence-corrected chi connectivity index (χ3v) is 4.07. The Morgan fingerprint density at radius 1 is 1.00 bits per heavy atom. The lowest BCUT2D eigenvalue weighted by Gasteiger charge is -2.11. The maximum Gasteiger partial charge on any atom is 0.416 e. The van der Waals surface area contributed by atoms with Crippen molar-refractivity contribution in [2.75, 3.05) is 26.3 Å². The molecule has 8 heteroatoms. The molecule has 1 saturated heterocycles. The largest absolute Gasteiger partial charge is 0.454 e. The van der Waals surface area contributed by atoms with E-state index in [2.05, 4.69) is 10.1 Å². The predicted octanol–water partition coefficient (Wildman–Crippen LogP) is 1.61. The van der Waals surface area contributed by atoms with Crippen LogP contribution in [0.15, 0.2) is 54.6 Å². The maximum absolute atomic E-state index is 12.1. The SMILES string of the molecule is O=C(CNC(=O)c1ccc(-c2ccccc2)cc1)OCC(=O)N1CCOC1=O. The van der Waals surface area contributed by atoms with Gasteiger partial charge < -0.3 is 14.8 Å². The van der Waals surface area contributed by atoms with Crippen LogP contribution in [0.2, 0.25) is 0 Å². The molecule has 0 atom stereocenters. The first-order chi connectivity index (χ1) is 13.5. The Hall–Kier alpha value is -3.68. The molecule has 1 aliphatic rings. The summed E-state index contributed by atoms with van der Waals surface area (Å²) in [5.74, 6) is -1.89. The van der Waals surface area contributed by atoms with Gasteiger partial charge in [0.05, 0.1) is 6.54 Å². The van der Waals surface area contributed by atoms with Crippen molar-refractivity contribution in [3.05, 3.63) is 60.2 Å². The van der Waals surface area contributed by atoms with Crippen molar-refractivity contribution in [2.24, 2.45) is 0 Å². The van der Waals surface area contributed by atoms with Crippen molar-refractivity contribution in [3.63, 3.8) is 0 Å². The van der Waals surface area contributed by atoms with E-state index in [4.69, 9.17) is 4.74 Å². The van der Waals surface area contributed by atoms with Crippen LogP contribution < -0.4 is 5.32 Å². The zero-order valence-electron chi connectivity index (χ0n) is 14.9. The van der Waals surface area contributed by atoms with E-state index in [0.717, 1.165) is 16.0 Å². The minimum absolute atomic E-state index is 0.123. The fourth-order valence-corrected chi connectivity index (χ4v) is 2.59. The Balaban J connectivity index is 1.45. The van der Waals surface area contributed by atoms with Crippen molar-refractivity contribution < 1.29 is 28.7 Å². The summed E-state index contributed by atoms with van der Waals surface area (Å²) in [4.78, 5) is 47.6. The molecule has 0 aliphatic carbocycles. The summed E-state index contributed by atoms with van der Waals surface area (Å²) in [5.41, 5.74) is 2.39. The number of rotatable bonds is 6. The number of amides is 3. The molecule has 3 rings (SSSR count). The first-order valence-electron chi connectivity index (χ1n) is 8.61. The summed E-state index contributed by atoms with van der Waals surface area (Å²) in [6.07, 6.45) is -0.756. The predicted molar refractivity (Wildman–Crippen MR) is 98.2 cm³/mol. The molecule has 0 aromatic heterocycles. The molecule has 0 radical (unpaired) electrons. The van der Waals surface area contributed by atoms with Crippen molar-refractivity contribution in [1.29, 1.82) is 0 Å². The van der Waals surface area contributed by atoms with E-state index in [9.17, 15) is 19.2 Å². The van der Waals surface area contributed by atoms with E-state index in [1.807, 2.05) is 42.5 Å². The van der Waals surface area contributed by atoms with Gasteiger partial charge in [-0.3, -0.25) is 14.4 Å². The molecule has 2 aromatic carbocycles. The highest BCUT2D eigenvalue weighted by molar-refractivity contribution is 5.97. The number of cyclic esters (lactones) is 1. The Morgan fingerprint density at radius 3 is 2.32 bits per heavy atom. The van der Waals surface area contributed by atoms with Crippen molar-refractivity contribution in [1.82, 2.24) is 10.2 Å². The Labute approximate surface area is 161 Å². The molecule has 1 N–H and O–H groups in total. The second kappa shape index (κ2) is 8.81. The standard InChI is InChI=1S/C20H18N2O6/c23-17(22-10-11-27-20(22)26)13-28-18(24)12-21-19(25)16-8-6-15(7-9-16)14-4-2-1-3-5-14/h1-9H,10-13H2,(H,21,25). The van der Waals surface area contributed by atoms with Gasteiger partial charge in [0, 0.05) is 5.56 Å². The van der Waals surface area contributed by atoms with E-state index in [1.54, 1.807) is 12.1 Å². The molecule has 0 bridgehead atoms. The van der Waals surface area contributed by atoms with E-state index >= 15 is 0 Å². The Kier molecular flexibility index (Phi) is 6.01. The van der Waals surface area contributed by atoms with Crippen LogP contribution in [0.5, 0.6) is 0 Å². The minimum atomic E-state index is -0.782. The highest BCUT2D eigenvalue weighted by Crippen LogP contribution is 2.19. The molecule has 1 fully saturated rings. The van der Waals surface area contributed by atoms with Crippen molar-refractivity contribution in [2.45, 2.75) is 0 Å². The van der Waals surface area contributed by atoms with Crippen LogP contribution in [0.4, 0.5) is 4.79 Å². The van der Waals surface area contributed by atoms with E-state index in [1.165, 1.54) is 0 Å². The molecule has 144 valence electrons. The topological polar surface area (TPSA) is 102 Å². The van der Waals surface area contributed by atoms with Crippen LogP contribution in [-0.4, -0.2) is 55.1 Å². The van der Waals surface area contributed by atoms with Crippen LogP contribution in [0.3, 0.4) is 0 Å². The molecule has 0 saturated carbocycles.